The van der Waals surface area contributed by atoms with Gasteiger partial charge in [0.25, 0.3) is 0 Å². The van der Waals surface area contributed by atoms with Gasteiger partial charge in [-0.25, -0.2) is 8.78 Å². The SMILES string of the molecule is O=C(Cc1cc(-c2ccc(Cl)cc2)on1)NCc1c(F)cccc1F. The van der Waals surface area contributed by atoms with Gasteiger partial charge < -0.3 is 9.84 Å². The molecule has 0 saturated heterocycles. The highest BCUT2D eigenvalue weighted by atomic mass is 35.5. The van der Waals surface area contributed by atoms with E-state index in [9.17, 15) is 13.6 Å². The van der Waals surface area contributed by atoms with E-state index >= 15 is 0 Å². The second-order valence-corrected chi connectivity index (χ2v) is 5.78. The van der Waals surface area contributed by atoms with Gasteiger partial charge in [-0.3, -0.25) is 4.79 Å². The Balaban J connectivity index is 1.61. The van der Waals surface area contributed by atoms with E-state index in [-0.39, 0.29) is 18.5 Å². The number of carbonyl (C=O) groups is 1. The van der Waals surface area contributed by atoms with E-state index in [0.29, 0.717) is 16.5 Å². The summed E-state index contributed by atoms with van der Waals surface area (Å²) in [4.78, 5) is 11.9. The molecule has 0 fully saturated rings. The third kappa shape index (κ3) is 4.22. The van der Waals surface area contributed by atoms with Gasteiger partial charge in [0.15, 0.2) is 5.76 Å². The highest BCUT2D eigenvalue weighted by molar-refractivity contribution is 6.30. The number of halogens is 3. The van der Waals surface area contributed by atoms with Crippen LogP contribution < -0.4 is 5.32 Å². The summed E-state index contributed by atoms with van der Waals surface area (Å²) in [5, 5.41) is 6.90. The van der Waals surface area contributed by atoms with Crippen molar-refractivity contribution in [1.82, 2.24) is 10.5 Å². The van der Waals surface area contributed by atoms with E-state index < -0.39 is 17.5 Å². The first kappa shape index (κ1) is 17.1. The predicted molar refractivity (Wildman–Crippen MR) is 88.9 cm³/mol. The minimum Gasteiger partial charge on any atom is -0.356 e. The molecule has 0 atom stereocenters. The molecule has 0 aliphatic rings. The maximum absolute atomic E-state index is 13.5. The number of benzene rings is 2. The fourth-order valence-electron chi connectivity index (χ4n) is 2.26. The summed E-state index contributed by atoms with van der Waals surface area (Å²) < 4.78 is 32.2. The first-order valence-corrected chi connectivity index (χ1v) is 7.82. The Labute approximate surface area is 147 Å². The molecule has 3 aromatic rings. The van der Waals surface area contributed by atoms with Crippen molar-refractivity contribution < 1.29 is 18.1 Å². The Morgan fingerprint density at radius 2 is 1.80 bits per heavy atom. The average Bonchev–Trinajstić information content (AvgIpc) is 3.03. The highest BCUT2D eigenvalue weighted by Gasteiger charge is 2.13. The van der Waals surface area contributed by atoms with Crippen molar-refractivity contribution in [1.29, 1.82) is 0 Å². The molecule has 0 saturated carbocycles. The Morgan fingerprint density at radius 3 is 2.48 bits per heavy atom. The van der Waals surface area contributed by atoms with Gasteiger partial charge in [0.2, 0.25) is 5.91 Å². The summed E-state index contributed by atoms with van der Waals surface area (Å²) >= 11 is 5.83. The molecule has 25 heavy (non-hydrogen) atoms. The first-order valence-electron chi connectivity index (χ1n) is 7.44. The van der Waals surface area contributed by atoms with Crippen LogP contribution in [0, 0.1) is 11.6 Å². The fourth-order valence-corrected chi connectivity index (χ4v) is 2.39. The van der Waals surface area contributed by atoms with Gasteiger partial charge >= 0.3 is 0 Å². The van der Waals surface area contributed by atoms with E-state index in [2.05, 4.69) is 10.5 Å². The molecule has 0 spiro atoms. The number of carbonyl (C=O) groups excluding carboxylic acids is 1. The van der Waals surface area contributed by atoms with Crippen LogP contribution in [-0.2, 0) is 17.8 Å². The van der Waals surface area contributed by atoms with Crippen LogP contribution in [0.25, 0.3) is 11.3 Å². The smallest absolute Gasteiger partial charge is 0.226 e. The zero-order chi connectivity index (χ0) is 17.8. The van der Waals surface area contributed by atoms with E-state index in [1.54, 1.807) is 30.3 Å². The maximum atomic E-state index is 13.5. The number of rotatable bonds is 5. The zero-order valence-electron chi connectivity index (χ0n) is 12.9. The van der Waals surface area contributed by atoms with E-state index in [4.69, 9.17) is 16.1 Å². The van der Waals surface area contributed by atoms with Crippen LogP contribution in [0.4, 0.5) is 8.78 Å². The lowest BCUT2D eigenvalue weighted by Gasteiger charge is -2.06. The van der Waals surface area contributed by atoms with Crippen molar-refractivity contribution in [3.8, 4) is 11.3 Å². The van der Waals surface area contributed by atoms with Crippen molar-refractivity contribution >= 4 is 17.5 Å². The number of nitrogens with zero attached hydrogens (tertiary/aromatic N) is 1. The lowest BCUT2D eigenvalue weighted by Crippen LogP contribution is -2.25. The molecule has 4 nitrogen and oxygen atoms in total. The van der Waals surface area contributed by atoms with Crippen molar-refractivity contribution in [3.05, 3.63) is 76.4 Å². The number of aromatic nitrogens is 1. The van der Waals surface area contributed by atoms with Crippen LogP contribution in [0.2, 0.25) is 5.02 Å². The van der Waals surface area contributed by atoms with Crippen LogP contribution in [-0.4, -0.2) is 11.1 Å². The minimum atomic E-state index is -0.702. The predicted octanol–water partition coefficient (Wildman–Crippen LogP) is 4.13. The molecule has 1 heterocycles. The standard InChI is InChI=1S/C18H13ClF2N2O2/c19-12-6-4-11(5-7-12)17-8-13(23-25-17)9-18(24)22-10-14-15(20)2-1-3-16(14)21/h1-8H,9-10H2,(H,22,24). The quantitative estimate of drug-likeness (QED) is 0.742. The monoisotopic (exact) mass is 362 g/mol. The molecule has 1 N–H and O–H groups in total. The molecule has 0 unspecified atom stereocenters. The highest BCUT2D eigenvalue weighted by Crippen LogP contribution is 2.22. The summed E-state index contributed by atoms with van der Waals surface area (Å²) in [5.41, 5.74) is 1.01. The van der Waals surface area contributed by atoms with E-state index in [1.165, 1.54) is 6.07 Å². The molecule has 7 heteroatoms. The second kappa shape index (κ2) is 7.44. The van der Waals surface area contributed by atoms with Crippen LogP contribution in [0.5, 0.6) is 0 Å². The van der Waals surface area contributed by atoms with E-state index in [0.717, 1.165) is 17.7 Å². The summed E-state index contributed by atoms with van der Waals surface area (Å²) in [5.74, 6) is -1.32. The van der Waals surface area contributed by atoms with Crippen LogP contribution in [0.3, 0.4) is 0 Å². The molecule has 0 aliphatic carbocycles. The molecule has 0 bridgehead atoms. The minimum absolute atomic E-state index is 0.0623. The largest absolute Gasteiger partial charge is 0.356 e. The fraction of sp³-hybridized carbons (Fsp3) is 0.111. The zero-order valence-corrected chi connectivity index (χ0v) is 13.7. The summed E-state index contributed by atoms with van der Waals surface area (Å²) in [7, 11) is 0. The summed E-state index contributed by atoms with van der Waals surface area (Å²) in [6.07, 6.45) is -0.0623. The lowest BCUT2D eigenvalue weighted by molar-refractivity contribution is -0.120. The van der Waals surface area contributed by atoms with Gasteiger partial charge in [-0.05, 0) is 36.4 Å². The Bertz CT molecular complexity index is 874. The topological polar surface area (TPSA) is 55.1 Å². The molecule has 0 radical (unpaired) electrons. The third-order valence-electron chi connectivity index (χ3n) is 3.55. The maximum Gasteiger partial charge on any atom is 0.226 e. The Hall–Kier alpha value is -2.73. The number of amides is 1. The summed E-state index contributed by atoms with van der Waals surface area (Å²) in [6, 6.07) is 12.2. The third-order valence-corrected chi connectivity index (χ3v) is 3.81. The van der Waals surface area contributed by atoms with Crippen LogP contribution >= 0.6 is 11.6 Å². The molecular weight excluding hydrogens is 350 g/mol. The van der Waals surface area contributed by atoms with Gasteiger partial charge in [0.1, 0.15) is 11.6 Å². The van der Waals surface area contributed by atoms with Crippen molar-refractivity contribution in [2.75, 3.05) is 0 Å². The van der Waals surface area contributed by atoms with Gasteiger partial charge in [0, 0.05) is 28.8 Å². The molecule has 0 aliphatic heterocycles. The molecular formula is C18H13ClF2N2O2. The first-order chi connectivity index (χ1) is 12.0. The Kier molecular flexibility index (Phi) is 5.09. The summed E-state index contributed by atoms with van der Waals surface area (Å²) in [6.45, 7) is -0.237. The lowest BCUT2D eigenvalue weighted by atomic mass is 10.1. The molecule has 1 amide bonds. The number of nitrogens with one attached hydrogen (secondary N) is 1. The molecule has 3 rings (SSSR count). The average molecular weight is 363 g/mol. The van der Waals surface area contributed by atoms with Gasteiger partial charge in [-0.15, -0.1) is 0 Å². The van der Waals surface area contributed by atoms with E-state index in [1.807, 2.05) is 0 Å². The number of hydrogen-bond acceptors (Lipinski definition) is 3. The Morgan fingerprint density at radius 1 is 1.12 bits per heavy atom. The number of hydrogen-bond donors (Lipinski definition) is 1. The second-order valence-electron chi connectivity index (χ2n) is 5.34. The van der Waals surface area contributed by atoms with Crippen molar-refractivity contribution in [2.45, 2.75) is 13.0 Å². The normalized spacial score (nSPS) is 10.7. The molecule has 128 valence electrons. The van der Waals surface area contributed by atoms with Gasteiger partial charge in [-0.1, -0.05) is 22.8 Å². The molecule has 1 aromatic heterocycles. The molecule has 2 aromatic carbocycles. The van der Waals surface area contributed by atoms with Crippen LogP contribution in [0.15, 0.2) is 53.1 Å². The van der Waals surface area contributed by atoms with Crippen LogP contribution in [0.1, 0.15) is 11.3 Å². The van der Waals surface area contributed by atoms with Gasteiger partial charge in [0.05, 0.1) is 12.1 Å². The van der Waals surface area contributed by atoms with Crippen molar-refractivity contribution in [3.63, 3.8) is 0 Å². The van der Waals surface area contributed by atoms with Gasteiger partial charge in [-0.2, -0.15) is 0 Å². The van der Waals surface area contributed by atoms with Crippen molar-refractivity contribution in [2.24, 2.45) is 0 Å².